The highest BCUT2D eigenvalue weighted by molar-refractivity contribution is 7.91. The van der Waals surface area contributed by atoms with Crippen molar-refractivity contribution < 1.29 is 23.4 Å². The number of carboxylic acid groups (broad SMARTS) is 1. The van der Waals surface area contributed by atoms with E-state index in [9.17, 15) is 13.2 Å². The van der Waals surface area contributed by atoms with E-state index in [2.05, 4.69) is 0 Å². The van der Waals surface area contributed by atoms with Crippen molar-refractivity contribution in [2.75, 3.05) is 12.3 Å². The maximum Gasteiger partial charge on any atom is 0.404 e. The van der Waals surface area contributed by atoms with Crippen LogP contribution in [0.15, 0.2) is 29.2 Å². The standard InChI is InChI=1S/C9H11NO5S/c11-7-2-1-3-8(6-7)16(14,15)5-4-10-9(12)13/h1-3,6,10-11H,4-5H2,(H,12,13). The third-order valence-electron chi connectivity index (χ3n) is 1.82. The molecule has 1 amide bonds. The summed E-state index contributed by atoms with van der Waals surface area (Å²) in [5.74, 6) is -0.491. The first-order valence-electron chi connectivity index (χ1n) is 4.40. The van der Waals surface area contributed by atoms with Crippen LogP contribution in [0.2, 0.25) is 0 Å². The Balaban J connectivity index is 2.74. The van der Waals surface area contributed by atoms with Gasteiger partial charge in [-0.05, 0) is 18.2 Å². The molecule has 1 aromatic carbocycles. The second kappa shape index (κ2) is 4.84. The number of aromatic hydroxyl groups is 1. The van der Waals surface area contributed by atoms with Crippen LogP contribution in [0.5, 0.6) is 5.75 Å². The Kier molecular flexibility index (Phi) is 3.73. The van der Waals surface area contributed by atoms with Crippen molar-refractivity contribution in [3.63, 3.8) is 0 Å². The molecule has 1 aromatic rings. The number of hydrogen-bond donors (Lipinski definition) is 3. The molecule has 0 aliphatic heterocycles. The van der Waals surface area contributed by atoms with E-state index in [0.29, 0.717) is 0 Å². The molecule has 0 spiro atoms. The Labute approximate surface area is 92.5 Å². The Hall–Kier alpha value is -1.76. The van der Waals surface area contributed by atoms with E-state index in [1.54, 1.807) is 0 Å². The van der Waals surface area contributed by atoms with Crippen molar-refractivity contribution >= 4 is 15.9 Å². The molecule has 0 bridgehead atoms. The summed E-state index contributed by atoms with van der Waals surface area (Å²) in [6.45, 7) is -0.187. The fourth-order valence-corrected chi connectivity index (χ4v) is 2.28. The highest BCUT2D eigenvalue weighted by Crippen LogP contribution is 2.16. The predicted octanol–water partition coefficient (Wildman–Crippen LogP) is 0.433. The third-order valence-corrected chi connectivity index (χ3v) is 3.54. The molecular formula is C9H11NO5S. The Morgan fingerprint density at radius 2 is 2.06 bits per heavy atom. The molecule has 0 radical (unpaired) electrons. The molecule has 3 N–H and O–H groups in total. The van der Waals surface area contributed by atoms with Crippen molar-refractivity contribution in [3.8, 4) is 5.75 Å². The molecule has 0 saturated heterocycles. The Morgan fingerprint density at radius 3 is 2.62 bits per heavy atom. The van der Waals surface area contributed by atoms with Gasteiger partial charge in [0, 0.05) is 6.54 Å². The van der Waals surface area contributed by atoms with Crippen LogP contribution in [0, 0.1) is 0 Å². The van der Waals surface area contributed by atoms with E-state index in [0.717, 1.165) is 6.07 Å². The van der Waals surface area contributed by atoms with E-state index in [1.807, 2.05) is 5.32 Å². The van der Waals surface area contributed by atoms with Crippen molar-refractivity contribution in [1.82, 2.24) is 5.32 Å². The first-order valence-corrected chi connectivity index (χ1v) is 6.05. The average Bonchev–Trinajstić information content (AvgIpc) is 2.16. The molecular weight excluding hydrogens is 234 g/mol. The quantitative estimate of drug-likeness (QED) is 0.713. The number of benzene rings is 1. The van der Waals surface area contributed by atoms with E-state index >= 15 is 0 Å². The number of amides is 1. The first kappa shape index (κ1) is 12.3. The lowest BCUT2D eigenvalue weighted by atomic mass is 10.3. The molecule has 0 fully saturated rings. The van der Waals surface area contributed by atoms with Crippen molar-refractivity contribution in [2.24, 2.45) is 0 Å². The van der Waals surface area contributed by atoms with Gasteiger partial charge in [-0.2, -0.15) is 0 Å². The fourth-order valence-electron chi connectivity index (χ4n) is 1.09. The minimum absolute atomic E-state index is 0.0281. The number of carbonyl (C=O) groups is 1. The molecule has 0 aliphatic rings. The van der Waals surface area contributed by atoms with E-state index in [1.165, 1.54) is 18.2 Å². The van der Waals surface area contributed by atoms with Gasteiger partial charge in [0.05, 0.1) is 10.6 Å². The second-order valence-corrected chi connectivity index (χ2v) is 5.16. The van der Waals surface area contributed by atoms with Crippen LogP contribution in [0.1, 0.15) is 0 Å². The Bertz CT molecular complexity index is 482. The van der Waals surface area contributed by atoms with Crippen LogP contribution < -0.4 is 5.32 Å². The molecule has 16 heavy (non-hydrogen) atoms. The van der Waals surface area contributed by atoms with Crippen LogP contribution in [0.25, 0.3) is 0 Å². The summed E-state index contributed by atoms with van der Waals surface area (Å²) >= 11 is 0. The van der Waals surface area contributed by atoms with Gasteiger partial charge in [0.25, 0.3) is 0 Å². The number of phenols is 1. The number of nitrogens with one attached hydrogen (secondary N) is 1. The zero-order valence-electron chi connectivity index (χ0n) is 8.25. The van der Waals surface area contributed by atoms with E-state index in [4.69, 9.17) is 10.2 Å². The zero-order valence-corrected chi connectivity index (χ0v) is 9.07. The molecule has 0 aliphatic carbocycles. The molecule has 0 heterocycles. The molecule has 1 rings (SSSR count). The largest absolute Gasteiger partial charge is 0.508 e. The van der Waals surface area contributed by atoms with Crippen LogP contribution >= 0.6 is 0 Å². The van der Waals surface area contributed by atoms with Gasteiger partial charge in [0.2, 0.25) is 0 Å². The maximum absolute atomic E-state index is 11.6. The molecule has 7 heteroatoms. The highest BCUT2D eigenvalue weighted by Gasteiger charge is 2.14. The average molecular weight is 245 g/mol. The van der Waals surface area contributed by atoms with Crippen LogP contribution in [-0.2, 0) is 9.84 Å². The van der Waals surface area contributed by atoms with Crippen LogP contribution in [-0.4, -0.2) is 37.0 Å². The van der Waals surface area contributed by atoms with Gasteiger partial charge in [-0.3, -0.25) is 0 Å². The van der Waals surface area contributed by atoms with Gasteiger partial charge < -0.3 is 15.5 Å². The molecule has 0 atom stereocenters. The minimum atomic E-state index is -3.56. The third kappa shape index (κ3) is 3.43. The van der Waals surface area contributed by atoms with E-state index in [-0.39, 0.29) is 22.9 Å². The smallest absolute Gasteiger partial charge is 0.404 e. The lowest BCUT2D eigenvalue weighted by molar-refractivity contribution is 0.195. The summed E-state index contributed by atoms with van der Waals surface area (Å²) < 4.78 is 23.2. The number of hydrogen-bond acceptors (Lipinski definition) is 4. The topological polar surface area (TPSA) is 104 Å². The maximum atomic E-state index is 11.6. The monoisotopic (exact) mass is 245 g/mol. The summed E-state index contributed by atoms with van der Waals surface area (Å²) in [7, 11) is -3.56. The first-order chi connectivity index (χ1) is 7.42. The van der Waals surface area contributed by atoms with Crippen LogP contribution in [0.4, 0.5) is 4.79 Å². The summed E-state index contributed by atoms with van der Waals surface area (Å²) in [5, 5.41) is 19.4. The van der Waals surface area contributed by atoms with Gasteiger partial charge in [-0.1, -0.05) is 6.07 Å². The molecule has 88 valence electrons. The predicted molar refractivity (Wildman–Crippen MR) is 56.2 cm³/mol. The summed E-state index contributed by atoms with van der Waals surface area (Å²) in [6.07, 6.45) is -1.27. The SMILES string of the molecule is O=C(O)NCCS(=O)(=O)c1cccc(O)c1. The van der Waals surface area contributed by atoms with Crippen molar-refractivity contribution in [2.45, 2.75) is 4.90 Å². The number of rotatable bonds is 4. The van der Waals surface area contributed by atoms with Crippen LogP contribution in [0.3, 0.4) is 0 Å². The Morgan fingerprint density at radius 1 is 1.38 bits per heavy atom. The summed E-state index contributed by atoms with van der Waals surface area (Å²) in [6, 6.07) is 5.23. The molecule has 6 nitrogen and oxygen atoms in total. The second-order valence-electron chi connectivity index (χ2n) is 3.05. The lowest BCUT2D eigenvalue weighted by Crippen LogP contribution is -2.27. The summed E-state index contributed by atoms with van der Waals surface area (Å²) in [5.41, 5.74) is 0. The zero-order chi connectivity index (χ0) is 12.2. The normalized spacial score (nSPS) is 11.0. The van der Waals surface area contributed by atoms with Gasteiger partial charge in [0.15, 0.2) is 9.84 Å². The molecule has 0 aromatic heterocycles. The van der Waals surface area contributed by atoms with Gasteiger partial charge >= 0.3 is 6.09 Å². The van der Waals surface area contributed by atoms with Gasteiger partial charge in [-0.15, -0.1) is 0 Å². The summed E-state index contributed by atoms with van der Waals surface area (Å²) in [4.78, 5) is 10.1. The fraction of sp³-hybridized carbons (Fsp3) is 0.222. The van der Waals surface area contributed by atoms with Crippen molar-refractivity contribution in [1.29, 1.82) is 0 Å². The molecule has 0 saturated carbocycles. The number of phenolic OH excluding ortho intramolecular Hbond substituents is 1. The lowest BCUT2D eigenvalue weighted by Gasteiger charge is -2.04. The highest BCUT2D eigenvalue weighted by atomic mass is 32.2. The van der Waals surface area contributed by atoms with Gasteiger partial charge in [0.1, 0.15) is 5.75 Å². The van der Waals surface area contributed by atoms with Crippen molar-refractivity contribution in [3.05, 3.63) is 24.3 Å². The van der Waals surface area contributed by atoms with E-state index < -0.39 is 15.9 Å². The number of sulfone groups is 1. The minimum Gasteiger partial charge on any atom is -0.508 e. The molecule has 0 unspecified atom stereocenters. The van der Waals surface area contributed by atoms with Gasteiger partial charge in [-0.25, -0.2) is 13.2 Å².